The fraction of sp³-hybridized carbons (Fsp3) is 0.750. The molecule has 0 bridgehead atoms. The van der Waals surface area contributed by atoms with E-state index in [1.165, 1.54) is 0 Å². The molecule has 61 valence electrons. The van der Waals surface area contributed by atoms with Gasteiger partial charge >= 0.3 is 0 Å². The average molecular weight is 152 g/mol. The largest absolute Gasteiger partial charge is 0.314 e. The molecule has 0 aromatic rings. The van der Waals surface area contributed by atoms with Crippen LogP contribution in [0.3, 0.4) is 0 Å². The number of nitrogens with zero attached hydrogens (tertiary/aromatic N) is 2. The first-order valence-corrected chi connectivity index (χ1v) is 4.01. The van der Waals surface area contributed by atoms with Gasteiger partial charge in [-0.1, -0.05) is 0 Å². The number of hydrogen-bond donors (Lipinski definition) is 1. The molecule has 1 aliphatic heterocycles. The fourth-order valence-corrected chi connectivity index (χ4v) is 1.41. The molecule has 1 aliphatic rings. The maximum Gasteiger partial charge on any atom is 0.0638 e. The Hall–Kier alpha value is -0.590. The van der Waals surface area contributed by atoms with Gasteiger partial charge in [0.25, 0.3) is 0 Å². The Kier molecular flexibility index (Phi) is 3.34. The standard InChI is InChI=1S/C8H14N3/c1-2-11-6-5-10-7-8(11)3-4-9/h2,8,10H,3,5-7H2,1H3. The third kappa shape index (κ3) is 2.18. The molecule has 1 saturated heterocycles. The number of nitriles is 1. The first kappa shape index (κ1) is 8.51. The van der Waals surface area contributed by atoms with E-state index in [-0.39, 0.29) is 0 Å². The summed E-state index contributed by atoms with van der Waals surface area (Å²) in [6, 6.07) is 2.59. The number of nitrogens with one attached hydrogen (secondary N) is 1. The topological polar surface area (TPSA) is 39.1 Å². The molecule has 3 nitrogen and oxygen atoms in total. The number of piperazine rings is 1. The van der Waals surface area contributed by atoms with Gasteiger partial charge in [-0.25, -0.2) is 0 Å². The second-order valence-electron chi connectivity index (χ2n) is 2.72. The zero-order valence-electron chi connectivity index (χ0n) is 6.88. The SMILES string of the molecule is C[CH]N1CCNCC1CC#N. The summed E-state index contributed by atoms with van der Waals surface area (Å²) in [4.78, 5) is 2.24. The lowest BCUT2D eigenvalue weighted by Gasteiger charge is -2.33. The van der Waals surface area contributed by atoms with Gasteiger partial charge in [-0.15, -0.1) is 0 Å². The zero-order valence-corrected chi connectivity index (χ0v) is 6.88. The first-order valence-electron chi connectivity index (χ1n) is 4.01. The monoisotopic (exact) mass is 152 g/mol. The molecule has 0 amide bonds. The van der Waals surface area contributed by atoms with Crippen LogP contribution in [0.1, 0.15) is 13.3 Å². The lowest BCUT2D eigenvalue weighted by molar-refractivity contribution is 0.206. The van der Waals surface area contributed by atoms with Crippen LogP contribution in [-0.4, -0.2) is 30.6 Å². The highest BCUT2D eigenvalue weighted by Gasteiger charge is 2.19. The van der Waals surface area contributed by atoms with E-state index in [0.717, 1.165) is 19.6 Å². The van der Waals surface area contributed by atoms with E-state index >= 15 is 0 Å². The highest BCUT2D eigenvalue weighted by atomic mass is 15.2. The summed E-state index contributed by atoms with van der Waals surface area (Å²) in [6.07, 6.45) is 0.622. The van der Waals surface area contributed by atoms with Gasteiger partial charge < -0.3 is 5.32 Å². The molecule has 1 fully saturated rings. The van der Waals surface area contributed by atoms with Gasteiger partial charge in [-0.2, -0.15) is 5.26 Å². The number of hydrogen-bond acceptors (Lipinski definition) is 3. The third-order valence-electron chi connectivity index (χ3n) is 2.05. The molecule has 0 aliphatic carbocycles. The summed E-state index contributed by atoms with van der Waals surface area (Å²) in [5, 5.41) is 11.8. The average Bonchev–Trinajstić information content (AvgIpc) is 2.06. The van der Waals surface area contributed by atoms with Crippen molar-refractivity contribution in [2.24, 2.45) is 0 Å². The van der Waals surface area contributed by atoms with Crippen LogP contribution in [0, 0.1) is 17.9 Å². The van der Waals surface area contributed by atoms with Gasteiger partial charge in [0.1, 0.15) is 0 Å². The van der Waals surface area contributed by atoms with Gasteiger partial charge in [-0.05, 0) is 6.92 Å². The summed E-state index contributed by atoms with van der Waals surface area (Å²) in [5.74, 6) is 0. The van der Waals surface area contributed by atoms with Crippen LogP contribution in [0.5, 0.6) is 0 Å². The van der Waals surface area contributed by atoms with Crippen molar-refractivity contribution in [3.05, 3.63) is 6.54 Å². The maximum absolute atomic E-state index is 8.51. The second-order valence-corrected chi connectivity index (χ2v) is 2.72. The van der Waals surface area contributed by atoms with E-state index < -0.39 is 0 Å². The summed E-state index contributed by atoms with van der Waals surface area (Å²) in [6.45, 7) is 7.10. The number of rotatable bonds is 2. The fourth-order valence-electron chi connectivity index (χ4n) is 1.41. The Balaban J connectivity index is 2.39. The Morgan fingerprint density at radius 3 is 3.27 bits per heavy atom. The van der Waals surface area contributed by atoms with Crippen LogP contribution in [-0.2, 0) is 0 Å². The summed E-state index contributed by atoms with van der Waals surface area (Å²) < 4.78 is 0. The minimum Gasteiger partial charge on any atom is -0.314 e. The van der Waals surface area contributed by atoms with E-state index in [9.17, 15) is 0 Å². The van der Waals surface area contributed by atoms with E-state index in [1.807, 2.05) is 6.92 Å². The molecule has 0 spiro atoms. The Bertz CT molecular complexity index is 150. The van der Waals surface area contributed by atoms with Crippen molar-refractivity contribution in [3.8, 4) is 6.07 Å². The molecule has 1 unspecified atom stereocenters. The molecule has 0 saturated carbocycles. The molecule has 1 radical (unpaired) electrons. The summed E-state index contributed by atoms with van der Waals surface area (Å²) >= 11 is 0. The van der Waals surface area contributed by atoms with Crippen LogP contribution in [0.15, 0.2) is 0 Å². The van der Waals surface area contributed by atoms with Gasteiger partial charge in [0.2, 0.25) is 0 Å². The van der Waals surface area contributed by atoms with Crippen molar-refractivity contribution in [2.75, 3.05) is 19.6 Å². The van der Waals surface area contributed by atoms with Crippen molar-refractivity contribution >= 4 is 0 Å². The van der Waals surface area contributed by atoms with Gasteiger partial charge in [0.15, 0.2) is 0 Å². The van der Waals surface area contributed by atoms with Crippen LogP contribution in [0.25, 0.3) is 0 Å². The van der Waals surface area contributed by atoms with E-state index in [4.69, 9.17) is 5.26 Å². The van der Waals surface area contributed by atoms with Gasteiger partial charge in [-0.3, -0.25) is 4.90 Å². The first-order chi connectivity index (χ1) is 5.38. The molecular weight excluding hydrogens is 138 g/mol. The van der Waals surface area contributed by atoms with Crippen molar-refractivity contribution in [1.29, 1.82) is 5.26 Å². The van der Waals surface area contributed by atoms with Crippen LogP contribution in [0.4, 0.5) is 0 Å². The molecule has 1 heterocycles. The van der Waals surface area contributed by atoms with Crippen LogP contribution < -0.4 is 5.32 Å². The van der Waals surface area contributed by atoms with E-state index in [2.05, 4.69) is 22.8 Å². The maximum atomic E-state index is 8.51. The Morgan fingerprint density at radius 2 is 2.64 bits per heavy atom. The molecule has 1 atom stereocenters. The van der Waals surface area contributed by atoms with Crippen molar-refractivity contribution in [1.82, 2.24) is 10.2 Å². The lowest BCUT2D eigenvalue weighted by Crippen LogP contribution is -2.49. The molecule has 1 N–H and O–H groups in total. The van der Waals surface area contributed by atoms with Crippen LogP contribution >= 0.6 is 0 Å². The third-order valence-corrected chi connectivity index (χ3v) is 2.05. The Morgan fingerprint density at radius 1 is 1.82 bits per heavy atom. The lowest BCUT2D eigenvalue weighted by atomic mass is 10.1. The molecule has 1 rings (SSSR count). The smallest absolute Gasteiger partial charge is 0.0638 e. The van der Waals surface area contributed by atoms with Gasteiger partial charge in [0.05, 0.1) is 12.5 Å². The Labute approximate surface area is 68.0 Å². The van der Waals surface area contributed by atoms with Gasteiger partial charge in [0, 0.05) is 32.2 Å². The van der Waals surface area contributed by atoms with E-state index in [0.29, 0.717) is 12.5 Å². The summed E-state index contributed by atoms with van der Waals surface area (Å²) in [5.41, 5.74) is 0. The quantitative estimate of drug-likeness (QED) is 0.620. The molecule has 0 aromatic carbocycles. The van der Waals surface area contributed by atoms with Crippen molar-refractivity contribution in [3.63, 3.8) is 0 Å². The minimum absolute atomic E-state index is 0.388. The molecule has 11 heavy (non-hydrogen) atoms. The zero-order chi connectivity index (χ0) is 8.10. The molecule has 0 aromatic heterocycles. The molecular formula is C8H14N3. The summed E-state index contributed by atoms with van der Waals surface area (Å²) in [7, 11) is 0. The highest BCUT2D eigenvalue weighted by molar-refractivity contribution is 4.89. The highest BCUT2D eigenvalue weighted by Crippen LogP contribution is 2.07. The van der Waals surface area contributed by atoms with Crippen LogP contribution in [0.2, 0.25) is 0 Å². The van der Waals surface area contributed by atoms with E-state index in [1.54, 1.807) is 0 Å². The van der Waals surface area contributed by atoms with Crippen molar-refractivity contribution in [2.45, 2.75) is 19.4 Å². The second kappa shape index (κ2) is 4.32. The predicted molar refractivity (Wildman–Crippen MR) is 43.6 cm³/mol. The molecule has 3 heteroatoms. The van der Waals surface area contributed by atoms with Crippen molar-refractivity contribution < 1.29 is 0 Å². The minimum atomic E-state index is 0.388. The normalized spacial score (nSPS) is 26.4. The predicted octanol–water partition coefficient (Wildman–Crippen LogP) is 0.356.